The minimum atomic E-state index is -0.394. The molecule has 0 radical (unpaired) electrons. The number of aromatic nitrogens is 4. The van der Waals surface area contributed by atoms with Gasteiger partial charge in [0.15, 0.2) is 11.0 Å². The third kappa shape index (κ3) is 4.17. The quantitative estimate of drug-likeness (QED) is 0.638. The summed E-state index contributed by atoms with van der Waals surface area (Å²) in [5, 5.41) is 12.5. The van der Waals surface area contributed by atoms with Crippen LogP contribution in [0.5, 0.6) is 0 Å². The van der Waals surface area contributed by atoms with Gasteiger partial charge in [0.2, 0.25) is 5.91 Å². The van der Waals surface area contributed by atoms with E-state index in [-0.39, 0.29) is 5.91 Å². The van der Waals surface area contributed by atoms with Crippen LogP contribution in [0.15, 0.2) is 47.8 Å². The van der Waals surface area contributed by atoms with Crippen LogP contribution in [-0.4, -0.2) is 30.9 Å². The molecule has 1 amide bonds. The molecule has 2 heterocycles. The minimum Gasteiger partial charge on any atom is -0.310 e. The highest BCUT2D eigenvalue weighted by Crippen LogP contribution is 2.29. The van der Waals surface area contributed by atoms with Crippen LogP contribution in [0.3, 0.4) is 0 Å². The van der Waals surface area contributed by atoms with Crippen LogP contribution in [0.25, 0.3) is 11.4 Å². The van der Waals surface area contributed by atoms with Gasteiger partial charge >= 0.3 is 0 Å². The normalized spacial score (nSPS) is 12.0. The highest BCUT2D eigenvalue weighted by atomic mass is 35.5. The van der Waals surface area contributed by atoms with E-state index < -0.39 is 5.25 Å². The lowest BCUT2D eigenvalue weighted by Gasteiger charge is -2.11. The molecular formula is C17H15Cl2N5OS. The van der Waals surface area contributed by atoms with Crippen molar-refractivity contribution in [2.45, 2.75) is 17.3 Å². The Bertz CT molecular complexity index is 929. The SMILES string of the molecule is CC(Sc1nnc(-c2ccccc2Cl)n1C)C(=O)Nc1ccc(Cl)cn1. The maximum atomic E-state index is 12.4. The number of hydrogen-bond donors (Lipinski definition) is 1. The van der Waals surface area contributed by atoms with Crippen LogP contribution in [0.4, 0.5) is 5.82 Å². The van der Waals surface area contributed by atoms with E-state index in [9.17, 15) is 4.79 Å². The van der Waals surface area contributed by atoms with Crippen molar-refractivity contribution >= 4 is 46.7 Å². The van der Waals surface area contributed by atoms with Crippen molar-refractivity contribution in [3.8, 4) is 11.4 Å². The lowest BCUT2D eigenvalue weighted by Crippen LogP contribution is -2.23. The van der Waals surface area contributed by atoms with Crippen LogP contribution < -0.4 is 5.32 Å². The maximum absolute atomic E-state index is 12.4. The van der Waals surface area contributed by atoms with Crippen LogP contribution in [0.1, 0.15) is 6.92 Å². The Morgan fingerprint density at radius 2 is 1.96 bits per heavy atom. The average molecular weight is 408 g/mol. The van der Waals surface area contributed by atoms with Crippen molar-refractivity contribution in [2.24, 2.45) is 7.05 Å². The van der Waals surface area contributed by atoms with Crippen molar-refractivity contribution in [1.29, 1.82) is 0 Å². The molecule has 1 unspecified atom stereocenters. The molecule has 0 aliphatic carbocycles. The summed E-state index contributed by atoms with van der Waals surface area (Å²) in [5.41, 5.74) is 0.790. The van der Waals surface area contributed by atoms with Gasteiger partial charge in [-0.2, -0.15) is 0 Å². The number of nitrogens with zero attached hydrogens (tertiary/aromatic N) is 4. The van der Waals surface area contributed by atoms with Gasteiger partial charge in [0.25, 0.3) is 0 Å². The third-order valence-corrected chi connectivity index (χ3v) is 5.27. The predicted octanol–water partition coefficient (Wildman–Crippen LogP) is 4.30. The second-order valence-electron chi connectivity index (χ2n) is 5.46. The number of carbonyl (C=O) groups excluding carboxylic acids is 1. The van der Waals surface area contributed by atoms with Gasteiger partial charge in [0.1, 0.15) is 5.82 Å². The molecule has 1 atom stereocenters. The number of rotatable bonds is 5. The summed E-state index contributed by atoms with van der Waals surface area (Å²) >= 11 is 13.3. The molecule has 0 fully saturated rings. The number of anilines is 1. The fourth-order valence-electron chi connectivity index (χ4n) is 2.18. The van der Waals surface area contributed by atoms with E-state index in [0.29, 0.717) is 26.8 Å². The molecule has 3 rings (SSSR count). The van der Waals surface area contributed by atoms with E-state index in [1.54, 1.807) is 25.1 Å². The van der Waals surface area contributed by atoms with E-state index >= 15 is 0 Å². The van der Waals surface area contributed by atoms with Crippen LogP contribution in [-0.2, 0) is 11.8 Å². The molecule has 1 aromatic carbocycles. The molecule has 0 spiro atoms. The average Bonchev–Trinajstić information content (AvgIpc) is 2.98. The number of carbonyl (C=O) groups is 1. The predicted molar refractivity (Wildman–Crippen MR) is 105 cm³/mol. The lowest BCUT2D eigenvalue weighted by molar-refractivity contribution is -0.115. The Morgan fingerprint density at radius 3 is 2.65 bits per heavy atom. The zero-order chi connectivity index (χ0) is 18.7. The molecule has 0 aliphatic heterocycles. The summed E-state index contributed by atoms with van der Waals surface area (Å²) < 4.78 is 1.82. The molecule has 26 heavy (non-hydrogen) atoms. The Hall–Kier alpha value is -2.09. The standard InChI is InChI=1S/C17H15Cl2N5OS/c1-10(16(25)21-14-8-7-11(18)9-20-14)26-17-23-22-15(24(17)2)12-5-3-4-6-13(12)19/h3-10H,1-2H3,(H,20,21,25). The Labute approximate surface area is 164 Å². The fourth-order valence-corrected chi connectivity index (χ4v) is 3.33. The first kappa shape index (κ1) is 18.7. The molecular weight excluding hydrogens is 393 g/mol. The summed E-state index contributed by atoms with van der Waals surface area (Å²) in [6.45, 7) is 1.79. The van der Waals surface area contributed by atoms with Crippen LogP contribution in [0, 0.1) is 0 Å². The van der Waals surface area contributed by atoms with Crippen molar-refractivity contribution in [1.82, 2.24) is 19.7 Å². The number of halogens is 2. The fraction of sp³-hybridized carbons (Fsp3) is 0.176. The van der Waals surface area contributed by atoms with Crippen molar-refractivity contribution in [3.05, 3.63) is 52.6 Å². The molecule has 0 saturated heterocycles. The van der Waals surface area contributed by atoms with Crippen molar-refractivity contribution < 1.29 is 4.79 Å². The van der Waals surface area contributed by atoms with E-state index in [1.165, 1.54) is 18.0 Å². The molecule has 6 nitrogen and oxygen atoms in total. The number of pyridine rings is 1. The number of hydrogen-bond acceptors (Lipinski definition) is 5. The summed E-state index contributed by atoms with van der Waals surface area (Å²) in [4.78, 5) is 16.4. The first-order valence-corrected chi connectivity index (χ1v) is 9.32. The van der Waals surface area contributed by atoms with Crippen molar-refractivity contribution in [3.63, 3.8) is 0 Å². The second kappa shape index (κ2) is 8.07. The molecule has 134 valence electrons. The van der Waals surface area contributed by atoms with Gasteiger partial charge in [-0.15, -0.1) is 10.2 Å². The summed E-state index contributed by atoms with van der Waals surface area (Å²) in [6.07, 6.45) is 1.48. The Morgan fingerprint density at radius 1 is 1.19 bits per heavy atom. The number of thioether (sulfide) groups is 1. The highest BCUT2D eigenvalue weighted by molar-refractivity contribution is 8.00. The zero-order valence-corrected chi connectivity index (χ0v) is 16.3. The van der Waals surface area contributed by atoms with Crippen LogP contribution >= 0.6 is 35.0 Å². The molecule has 1 N–H and O–H groups in total. The zero-order valence-electron chi connectivity index (χ0n) is 14.0. The number of benzene rings is 1. The Kier molecular flexibility index (Phi) is 5.80. The summed E-state index contributed by atoms with van der Waals surface area (Å²) in [5.74, 6) is 0.902. The van der Waals surface area contributed by atoms with Gasteiger partial charge in [-0.1, -0.05) is 47.1 Å². The topological polar surface area (TPSA) is 72.7 Å². The molecule has 3 aromatic rings. The summed E-state index contributed by atoms with van der Waals surface area (Å²) in [7, 11) is 1.84. The first-order valence-electron chi connectivity index (χ1n) is 7.69. The molecule has 0 aliphatic rings. The largest absolute Gasteiger partial charge is 0.310 e. The Balaban J connectivity index is 1.71. The second-order valence-corrected chi connectivity index (χ2v) is 7.61. The van der Waals surface area contributed by atoms with Crippen LogP contribution in [0.2, 0.25) is 10.0 Å². The van der Waals surface area contributed by atoms with Gasteiger partial charge in [-0.3, -0.25) is 4.79 Å². The number of nitrogens with one attached hydrogen (secondary N) is 1. The monoisotopic (exact) mass is 407 g/mol. The maximum Gasteiger partial charge on any atom is 0.238 e. The van der Waals surface area contributed by atoms with E-state index in [1.807, 2.05) is 29.8 Å². The van der Waals surface area contributed by atoms with Gasteiger partial charge in [-0.05, 0) is 31.2 Å². The summed E-state index contributed by atoms with van der Waals surface area (Å²) in [6, 6.07) is 10.7. The van der Waals surface area contributed by atoms with Gasteiger partial charge in [-0.25, -0.2) is 4.98 Å². The van der Waals surface area contributed by atoms with Gasteiger partial charge in [0.05, 0.1) is 15.3 Å². The molecule has 9 heteroatoms. The molecule has 0 saturated carbocycles. The third-order valence-electron chi connectivity index (χ3n) is 3.58. The molecule has 2 aromatic heterocycles. The van der Waals surface area contributed by atoms with Crippen molar-refractivity contribution in [2.75, 3.05) is 5.32 Å². The van der Waals surface area contributed by atoms with E-state index in [4.69, 9.17) is 23.2 Å². The number of amides is 1. The highest BCUT2D eigenvalue weighted by Gasteiger charge is 2.20. The van der Waals surface area contributed by atoms with E-state index in [0.717, 1.165) is 5.56 Å². The smallest absolute Gasteiger partial charge is 0.238 e. The van der Waals surface area contributed by atoms with Gasteiger partial charge < -0.3 is 9.88 Å². The van der Waals surface area contributed by atoms with Gasteiger partial charge in [0, 0.05) is 18.8 Å². The minimum absolute atomic E-state index is 0.188. The lowest BCUT2D eigenvalue weighted by atomic mass is 10.2. The molecule has 0 bridgehead atoms. The first-order chi connectivity index (χ1) is 12.5. The van der Waals surface area contributed by atoms with E-state index in [2.05, 4.69) is 20.5 Å².